The number of methoxy groups -OCH3 is 1. The first-order valence-corrected chi connectivity index (χ1v) is 6.61. The Balaban J connectivity index is 2.87. The van der Waals surface area contributed by atoms with Gasteiger partial charge in [-0.25, -0.2) is 0 Å². The molecule has 0 aromatic rings. The Kier molecular flexibility index (Phi) is 5.24. The van der Waals surface area contributed by atoms with E-state index in [0.29, 0.717) is 19.4 Å². The van der Waals surface area contributed by atoms with Crippen molar-refractivity contribution < 1.29 is 22.7 Å². The normalized spacial score (nSPS) is 28.5. The van der Waals surface area contributed by atoms with Gasteiger partial charge in [0.2, 0.25) is 0 Å². The van der Waals surface area contributed by atoms with E-state index in [9.17, 15) is 18.0 Å². The summed E-state index contributed by atoms with van der Waals surface area (Å²) in [6.07, 6.45) is -3.61. The van der Waals surface area contributed by atoms with Crippen molar-refractivity contribution in [2.75, 3.05) is 13.7 Å². The molecule has 0 aliphatic heterocycles. The van der Waals surface area contributed by atoms with Crippen molar-refractivity contribution in [3.63, 3.8) is 0 Å². The molecule has 0 radical (unpaired) electrons. The summed E-state index contributed by atoms with van der Waals surface area (Å²) in [6, 6.07) is 0. The van der Waals surface area contributed by atoms with Crippen LogP contribution in [0.4, 0.5) is 13.2 Å². The number of esters is 1. The fourth-order valence-electron chi connectivity index (χ4n) is 2.57. The van der Waals surface area contributed by atoms with Crippen LogP contribution in [-0.2, 0) is 9.53 Å². The van der Waals surface area contributed by atoms with Crippen LogP contribution in [0.15, 0.2) is 0 Å². The van der Waals surface area contributed by atoms with E-state index in [4.69, 9.17) is 4.74 Å². The topological polar surface area (TPSA) is 38.3 Å². The van der Waals surface area contributed by atoms with E-state index in [2.05, 4.69) is 5.32 Å². The molecule has 0 spiro atoms. The molecule has 2 unspecified atom stereocenters. The molecule has 1 fully saturated rings. The van der Waals surface area contributed by atoms with Crippen molar-refractivity contribution in [1.29, 1.82) is 0 Å². The summed E-state index contributed by atoms with van der Waals surface area (Å²) < 4.78 is 43.3. The van der Waals surface area contributed by atoms with Gasteiger partial charge in [0, 0.05) is 0 Å². The molecule has 0 heterocycles. The van der Waals surface area contributed by atoms with Crippen molar-refractivity contribution in [2.45, 2.75) is 51.2 Å². The van der Waals surface area contributed by atoms with Gasteiger partial charge in [0.05, 0.1) is 13.0 Å². The molecule has 0 bridgehead atoms. The number of ether oxygens (including phenoxy) is 1. The molecule has 19 heavy (non-hydrogen) atoms. The number of carbonyl (C=O) groups is 1. The van der Waals surface area contributed by atoms with Crippen LogP contribution in [0.25, 0.3) is 0 Å². The Morgan fingerprint density at radius 3 is 2.58 bits per heavy atom. The van der Waals surface area contributed by atoms with Gasteiger partial charge in [-0.3, -0.25) is 4.79 Å². The van der Waals surface area contributed by atoms with Crippen LogP contribution in [0.3, 0.4) is 0 Å². The standard InChI is InChI=1S/C13H22F3NO2/c1-9(2)8-17-12(11(18)19-3)6-4-5-10(7-12)13(14,15)16/h9-10,17H,4-8H2,1-3H3. The Morgan fingerprint density at radius 1 is 1.47 bits per heavy atom. The molecule has 0 aromatic heterocycles. The highest BCUT2D eigenvalue weighted by Crippen LogP contribution is 2.42. The second-order valence-corrected chi connectivity index (χ2v) is 5.68. The van der Waals surface area contributed by atoms with Gasteiger partial charge in [-0.05, 0) is 31.7 Å². The molecule has 1 saturated carbocycles. The molecule has 0 saturated heterocycles. The summed E-state index contributed by atoms with van der Waals surface area (Å²) >= 11 is 0. The summed E-state index contributed by atoms with van der Waals surface area (Å²) in [5.74, 6) is -1.75. The highest BCUT2D eigenvalue weighted by Gasteiger charge is 2.51. The van der Waals surface area contributed by atoms with Gasteiger partial charge in [0.1, 0.15) is 5.54 Å². The van der Waals surface area contributed by atoms with Gasteiger partial charge in [0.25, 0.3) is 0 Å². The van der Waals surface area contributed by atoms with Crippen molar-refractivity contribution in [3.05, 3.63) is 0 Å². The Labute approximate surface area is 111 Å². The lowest BCUT2D eigenvalue weighted by Gasteiger charge is -2.40. The third-order valence-electron chi connectivity index (χ3n) is 3.64. The van der Waals surface area contributed by atoms with E-state index >= 15 is 0 Å². The summed E-state index contributed by atoms with van der Waals surface area (Å²) in [6.45, 7) is 4.39. The first-order valence-electron chi connectivity index (χ1n) is 6.61. The van der Waals surface area contributed by atoms with E-state index in [1.807, 2.05) is 13.8 Å². The fourth-order valence-corrected chi connectivity index (χ4v) is 2.57. The molecule has 1 aliphatic rings. The van der Waals surface area contributed by atoms with Crippen molar-refractivity contribution in [2.24, 2.45) is 11.8 Å². The molecule has 6 heteroatoms. The second kappa shape index (κ2) is 6.11. The molecule has 1 rings (SSSR count). The van der Waals surface area contributed by atoms with Crippen LogP contribution in [-0.4, -0.2) is 31.3 Å². The molecule has 0 aromatic carbocycles. The number of rotatable bonds is 4. The third kappa shape index (κ3) is 4.09. The third-order valence-corrected chi connectivity index (χ3v) is 3.64. The fraction of sp³-hybridized carbons (Fsp3) is 0.923. The number of hydrogen-bond donors (Lipinski definition) is 1. The first-order chi connectivity index (χ1) is 8.71. The van der Waals surface area contributed by atoms with E-state index in [-0.39, 0.29) is 18.8 Å². The largest absolute Gasteiger partial charge is 0.468 e. The minimum Gasteiger partial charge on any atom is -0.468 e. The van der Waals surface area contributed by atoms with E-state index in [0.717, 1.165) is 0 Å². The molecule has 0 amide bonds. The number of halogens is 3. The van der Waals surface area contributed by atoms with Gasteiger partial charge in [-0.1, -0.05) is 20.3 Å². The van der Waals surface area contributed by atoms with Gasteiger partial charge in [-0.15, -0.1) is 0 Å². The van der Waals surface area contributed by atoms with Gasteiger partial charge in [0.15, 0.2) is 0 Å². The summed E-state index contributed by atoms with van der Waals surface area (Å²) in [5, 5.41) is 3.01. The van der Waals surface area contributed by atoms with E-state index < -0.39 is 23.6 Å². The molecular formula is C13H22F3NO2. The van der Waals surface area contributed by atoms with E-state index in [1.165, 1.54) is 7.11 Å². The Morgan fingerprint density at radius 2 is 2.11 bits per heavy atom. The van der Waals surface area contributed by atoms with Crippen molar-refractivity contribution >= 4 is 5.97 Å². The quantitative estimate of drug-likeness (QED) is 0.805. The summed E-state index contributed by atoms with van der Waals surface area (Å²) in [5.41, 5.74) is -1.18. The Hall–Kier alpha value is -0.780. The van der Waals surface area contributed by atoms with Crippen LogP contribution >= 0.6 is 0 Å². The van der Waals surface area contributed by atoms with E-state index in [1.54, 1.807) is 0 Å². The van der Waals surface area contributed by atoms with Gasteiger partial charge in [-0.2, -0.15) is 13.2 Å². The van der Waals surface area contributed by atoms with Crippen LogP contribution in [0.2, 0.25) is 0 Å². The number of hydrogen-bond acceptors (Lipinski definition) is 3. The lowest BCUT2D eigenvalue weighted by atomic mass is 9.75. The number of nitrogens with one attached hydrogen (secondary N) is 1. The Bertz CT molecular complexity index is 318. The average Bonchev–Trinajstić information content (AvgIpc) is 2.34. The molecule has 3 nitrogen and oxygen atoms in total. The maximum atomic E-state index is 12.9. The van der Waals surface area contributed by atoms with Gasteiger partial charge < -0.3 is 10.1 Å². The molecular weight excluding hydrogens is 259 g/mol. The second-order valence-electron chi connectivity index (χ2n) is 5.68. The molecule has 1 N–H and O–H groups in total. The highest BCUT2D eigenvalue weighted by atomic mass is 19.4. The number of alkyl halides is 3. The van der Waals surface area contributed by atoms with Crippen LogP contribution in [0, 0.1) is 11.8 Å². The lowest BCUT2D eigenvalue weighted by molar-refractivity contribution is -0.192. The zero-order valence-corrected chi connectivity index (χ0v) is 11.6. The summed E-state index contributed by atoms with van der Waals surface area (Å²) in [4.78, 5) is 11.9. The highest BCUT2D eigenvalue weighted by molar-refractivity contribution is 5.81. The lowest BCUT2D eigenvalue weighted by Crippen LogP contribution is -2.57. The average molecular weight is 281 g/mol. The number of carbonyl (C=O) groups excluding carboxylic acids is 1. The maximum Gasteiger partial charge on any atom is 0.391 e. The van der Waals surface area contributed by atoms with Crippen molar-refractivity contribution in [3.8, 4) is 0 Å². The predicted molar refractivity (Wildman–Crippen MR) is 65.6 cm³/mol. The molecule has 1 aliphatic carbocycles. The first kappa shape index (κ1) is 16.3. The molecule has 112 valence electrons. The monoisotopic (exact) mass is 281 g/mol. The van der Waals surface area contributed by atoms with Gasteiger partial charge >= 0.3 is 12.1 Å². The minimum atomic E-state index is -4.25. The van der Waals surface area contributed by atoms with Crippen molar-refractivity contribution in [1.82, 2.24) is 5.32 Å². The molecule has 2 atom stereocenters. The maximum absolute atomic E-state index is 12.9. The zero-order valence-electron chi connectivity index (χ0n) is 11.6. The summed E-state index contributed by atoms with van der Waals surface area (Å²) in [7, 11) is 1.22. The van der Waals surface area contributed by atoms with Crippen LogP contribution in [0.1, 0.15) is 39.5 Å². The SMILES string of the molecule is COC(=O)C1(NCC(C)C)CCCC(C(F)(F)F)C1. The smallest absolute Gasteiger partial charge is 0.391 e. The minimum absolute atomic E-state index is 0.0889. The predicted octanol–water partition coefficient (Wildman–Crippen LogP) is 2.90. The van der Waals surface area contributed by atoms with Crippen LogP contribution in [0.5, 0.6) is 0 Å². The van der Waals surface area contributed by atoms with Crippen LogP contribution < -0.4 is 5.32 Å². The zero-order chi connectivity index (χ0) is 14.7.